The van der Waals surface area contributed by atoms with Gasteiger partial charge in [-0.3, -0.25) is 9.59 Å². The third-order valence-corrected chi connectivity index (χ3v) is 4.49. The molecule has 24 heavy (non-hydrogen) atoms. The van der Waals surface area contributed by atoms with Crippen LogP contribution in [0.2, 0.25) is 5.02 Å². The molecule has 6 heteroatoms. The number of halogens is 1. The zero-order chi connectivity index (χ0) is 17.1. The molecule has 0 saturated carbocycles. The maximum atomic E-state index is 12.6. The Kier molecular flexibility index (Phi) is 4.90. The van der Waals surface area contributed by atoms with Crippen molar-refractivity contribution in [2.24, 2.45) is 0 Å². The van der Waals surface area contributed by atoms with E-state index in [0.717, 1.165) is 12.0 Å². The minimum atomic E-state index is -0.468. The first-order chi connectivity index (χ1) is 11.6. The number of carbonyl (C=O) groups excluding carboxylic acids is 2. The van der Waals surface area contributed by atoms with E-state index in [9.17, 15) is 9.59 Å². The SMILES string of the molecule is CC(NC(=O)C1CCCN1C(=O)c1ccco1)c1cccc(Cl)c1. The van der Waals surface area contributed by atoms with Crippen molar-refractivity contribution in [2.75, 3.05) is 6.54 Å². The zero-order valence-electron chi connectivity index (χ0n) is 13.4. The number of carbonyl (C=O) groups is 2. The standard InChI is InChI=1S/C18H19ClN2O3/c1-12(13-5-2-6-14(19)11-13)20-17(22)15-7-3-9-21(15)18(23)16-8-4-10-24-16/h2,4-6,8,10-12,15H,3,7,9H2,1H3,(H,20,22). The fourth-order valence-electron chi connectivity index (χ4n) is 2.99. The van der Waals surface area contributed by atoms with Crippen LogP contribution in [0.4, 0.5) is 0 Å². The Morgan fingerprint density at radius 3 is 2.88 bits per heavy atom. The average Bonchev–Trinajstić information content (AvgIpc) is 3.25. The second kappa shape index (κ2) is 7.09. The van der Waals surface area contributed by atoms with Gasteiger partial charge in [0.25, 0.3) is 5.91 Å². The summed E-state index contributed by atoms with van der Waals surface area (Å²) in [5.74, 6) is -0.134. The van der Waals surface area contributed by atoms with Crippen LogP contribution in [0.5, 0.6) is 0 Å². The van der Waals surface area contributed by atoms with Gasteiger partial charge in [-0.15, -0.1) is 0 Å². The van der Waals surface area contributed by atoms with Crippen molar-refractivity contribution < 1.29 is 14.0 Å². The molecular formula is C18H19ClN2O3. The fourth-order valence-corrected chi connectivity index (χ4v) is 3.19. The lowest BCUT2D eigenvalue weighted by atomic mass is 10.1. The first kappa shape index (κ1) is 16.6. The smallest absolute Gasteiger partial charge is 0.290 e. The molecule has 2 atom stereocenters. The van der Waals surface area contributed by atoms with E-state index in [2.05, 4.69) is 5.32 Å². The van der Waals surface area contributed by atoms with Crippen molar-refractivity contribution in [1.82, 2.24) is 10.2 Å². The van der Waals surface area contributed by atoms with E-state index in [1.54, 1.807) is 23.1 Å². The van der Waals surface area contributed by atoms with Crippen LogP contribution in [0.1, 0.15) is 41.9 Å². The van der Waals surface area contributed by atoms with Crippen LogP contribution in [0.25, 0.3) is 0 Å². The number of rotatable bonds is 4. The number of likely N-dealkylation sites (tertiary alicyclic amines) is 1. The van der Waals surface area contributed by atoms with Gasteiger partial charge in [-0.05, 0) is 49.6 Å². The van der Waals surface area contributed by atoms with Crippen molar-refractivity contribution in [3.8, 4) is 0 Å². The minimum Gasteiger partial charge on any atom is -0.459 e. The van der Waals surface area contributed by atoms with Gasteiger partial charge in [0.05, 0.1) is 12.3 Å². The third-order valence-electron chi connectivity index (χ3n) is 4.26. The van der Waals surface area contributed by atoms with Crippen LogP contribution in [-0.2, 0) is 4.79 Å². The van der Waals surface area contributed by atoms with Gasteiger partial charge in [0.15, 0.2) is 5.76 Å². The Morgan fingerprint density at radius 1 is 1.33 bits per heavy atom. The van der Waals surface area contributed by atoms with Gasteiger partial charge in [-0.25, -0.2) is 0 Å². The molecule has 1 aliphatic heterocycles. The molecule has 2 aromatic rings. The van der Waals surface area contributed by atoms with E-state index in [1.807, 2.05) is 25.1 Å². The average molecular weight is 347 g/mol. The summed E-state index contributed by atoms with van der Waals surface area (Å²) in [5, 5.41) is 3.60. The summed E-state index contributed by atoms with van der Waals surface area (Å²) < 4.78 is 5.16. The van der Waals surface area contributed by atoms with Gasteiger partial charge in [0, 0.05) is 11.6 Å². The molecule has 2 heterocycles. The molecule has 2 amide bonds. The van der Waals surface area contributed by atoms with Crippen LogP contribution in [0, 0.1) is 0 Å². The Labute approximate surface area is 145 Å². The van der Waals surface area contributed by atoms with Gasteiger partial charge >= 0.3 is 0 Å². The molecule has 5 nitrogen and oxygen atoms in total. The molecule has 1 fully saturated rings. The lowest BCUT2D eigenvalue weighted by Crippen LogP contribution is -2.46. The molecule has 3 rings (SSSR count). The van der Waals surface area contributed by atoms with Gasteiger partial charge in [0.1, 0.15) is 6.04 Å². The Hall–Kier alpha value is -2.27. The lowest BCUT2D eigenvalue weighted by Gasteiger charge is -2.25. The molecule has 1 N–H and O–H groups in total. The molecule has 2 unspecified atom stereocenters. The van der Waals surface area contributed by atoms with Crippen LogP contribution in [-0.4, -0.2) is 29.3 Å². The first-order valence-corrected chi connectivity index (χ1v) is 8.34. The minimum absolute atomic E-state index is 0.153. The van der Waals surface area contributed by atoms with Crippen molar-refractivity contribution in [1.29, 1.82) is 0 Å². The van der Waals surface area contributed by atoms with Crippen molar-refractivity contribution in [3.63, 3.8) is 0 Å². The van der Waals surface area contributed by atoms with Gasteiger partial charge in [-0.1, -0.05) is 23.7 Å². The molecule has 0 aliphatic carbocycles. The molecule has 0 spiro atoms. The van der Waals surface area contributed by atoms with Gasteiger partial charge in [-0.2, -0.15) is 0 Å². The Balaban J connectivity index is 1.68. The topological polar surface area (TPSA) is 62.6 Å². The van der Waals surface area contributed by atoms with E-state index in [-0.39, 0.29) is 23.6 Å². The highest BCUT2D eigenvalue weighted by molar-refractivity contribution is 6.30. The van der Waals surface area contributed by atoms with Gasteiger partial charge < -0.3 is 14.6 Å². The van der Waals surface area contributed by atoms with Crippen LogP contribution < -0.4 is 5.32 Å². The van der Waals surface area contributed by atoms with E-state index >= 15 is 0 Å². The summed E-state index contributed by atoms with van der Waals surface area (Å²) in [4.78, 5) is 26.7. The maximum absolute atomic E-state index is 12.6. The molecule has 1 aromatic heterocycles. The van der Waals surface area contributed by atoms with E-state index in [1.165, 1.54) is 6.26 Å². The number of hydrogen-bond acceptors (Lipinski definition) is 3. The highest BCUT2D eigenvalue weighted by atomic mass is 35.5. The number of hydrogen-bond donors (Lipinski definition) is 1. The summed E-state index contributed by atoms with van der Waals surface area (Å²) in [6.45, 7) is 2.46. The van der Waals surface area contributed by atoms with Crippen molar-refractivity contribution in [2.45, 2.75) is 31.8 Å². The normalized spacial score (nSPS) is 18.4. The summed E-state index contributed by atoms with van der Waals surface area (Å²) in [7, 11) is 0. The van der Waals surface area contributed by atoms with Crippen LogP contribution in [0.15, 0.2) is 47.1 Å². The second-order valence-corrected chi connectivity index (χ2v) is 6.36. The van der Waals surface area contributed by atoms with Crippen LogP contribution >= 0.6 is 11.6 Å². The lowest BCUT2D eigenvalue weighted by molar-refractivity contribution is -0.125. The summed E-state index contributed by atoms with van der Waals surface area (Å²) in [6, 6.07) is 10.0. The predicted octanol–water partition coefficient (Wildman–Crippen LogP) is 3.42. The quantitative estimate of drug-likeness (QED) is 0.922. The van der Waals surface area contributed by atoms with Gasteiger partial charge in [0.2, 0.25) is 5.91 Å². The summed E-state index contributed by atoms with van der Waals surface area (Å²) >= 11 is 6.00. The number of furan rings is 1. The number of nitrogens with one attached hydrogen (secondary N) is 1. The van der Waals surface area contributed by atoms with Crippen molar-refractivity contribution >= 4 is 23.4 Å². The van der Waals surface area contributed by atoms with E-state index in [4.69, 9.17) is 16.0 Å². The third kappa shape index (κ3) is 3.46. The molecular weight excluding hydrogens is 328 g/mol. The molecule has 126 valence electrons. The first-order valence-electron chi connectivity index (χ1n) is 7.96. The number of benzene rings is 1. The highest BCUT2D eigenvalue weighted by Gasteiger charge is 2.35. The molecule has 1 aliphatic rings. The summed E-state index contributed by atoms with van der Waals surface area (Å²) in [5.41, 5.74) is 0.928. The fraction of sp³-hybridized carbons (Fsp3) is 0.333. The molecule has 1 saturated heterocycles. The highest BCUT2D eigenvalue weighted by Crippen LogP contribution is 2.22. The Morgan fingerprint density at radius 2 is 2.17 bits per heavy atom. The van der Waals surface area contributed by atoms with Crippen molar-refractivity contribution in [3.05, 3.63) is 59.0 Å². The number of nitrogens with zero attached hydrogens (tertiary/aromatic N) is 1. The molecule has 0 bridgehead atoms. The second-order valence-electron chi connectivity index (χ2n) is 5.92. The van der Waals surface area contributed by atoms with Crippen LogP contribution in [0.3, 0.4) is 0 Å². The van der Waals surface area contributed by atoms with E-state index in [0.29, 0.717) is 18.0 Å². The maximum Gasteiger partial charge on any atom is 0.290 e. The zero-order valence-corrected chi connectivity index (χ0v) is 14.1. The summed E-state index contributed by atoms with van der Waals surface area (Å²) in [6.07, 6.45) is 2.91. The number of amides is 2. The monoisotopic (exact) mass is 346 g/mol. The Bertz CT molecular complexity index is 730. The van der Waals surface area contributed by atoms with E-state index < -0.39 is 6.04 Å². The largest absolute Gasteiger partial charge is 0.459 e. The predicted molar refractivity (Wildman–Crippen MR) is 90.8 cm³/mol. The molecule has 0 radical (unpaired) electrons. The molecule has 1 aromatic carbocycles.